The van der Waals surface area contributed by atoms with Crippen LogP contribution in [0.25, 0.3) is 11.3 Å². The Balaban J connectivity index is 0.00000274. The first-order valence-corrected chi connectivity index (χ1v) is 11.2. The summed E-state index contributed by atoms with van der Waals surface area (Å²) in [5.41, 5.74) is 1.63. The van der Waals surface area contributed by atoms with Gasteiger partial charge in [-0.05, 0) is 67.6 Å². The van der Waals surface area contributed by atoms with Crippen LogP contribution in [0, 0.1) is 5.92 Å². The summed E-state index contributed by atoms with van der Waals surface area (Å²) in [5, 5.41) is 0. The van der Waals surface area contributed by atoms with E-state index in [1.54, 1.807) is 35.3 Å². The summed E-state index contributed by atoms with van der Waals surface area (Å²) in [5.74, 6) is 0.529. The summed E-state index contributed by atoms with van der Waals surface area (Å²) >= 11 is 0. The number of pyridine rings is 1. The summed E-state index contributed by atoms with van der Waals surface area (Å²) in [4.78, 5) is 23.0. The SMILES string of the molecule is Cl.O=c1nc(-c2cccnc2)ccn1CCCCN1C[C@@H]2C[C@]2(c2ccc(C(F)(F)F)cc2)C1. The normalized spacial score (nSPS) is 21.7. The first-order chi connectivity index (χ1) is 15.8. The maximum atomic E-state index is 12.8. The van der Waals surface area contributed by atoms with Crippen LogP contribution >= 0.6 is 12.4 Å². The van der Waals surface area contributed by atoms with E-state index in [0.29, 0.717) is 18.2 Å². The average Bonchev–Trinajstić information content (AvgIpc) is 3.39. The number of aromatic nitrogens is 3. The standard InChI is InChI=1S/C25H25F3N4O.ClH/c26-25(27,28)20-7-5-19(6-8-20)24-14-21(24)16-31(17-24)11-1-2-12-32-13-9-22(30-23(32)33)18-4-3-10-29-15-18;/h3-10,13,15,21H,1-2,11-12,14,16-17H2;1H/t21-,24+;/m0./s1. The second-order valence-corrected chi connectivity index (χ2v) is 9.10. The first-order valence-electron chi connectivity index (χ1n) is 11.2. The molecule has 2 atom stereocenters. The van der Waals surface area contributed by atoms with Gasteiger partial charge in [-0.15, -0.1) is 12.4 Å². The van der Waals surface area contributed by atoms with Crippen LogP contribution in [0.3, 0.4) is 0 Å². The van der Waals surface area contributed by atoms with Crippen LogP contribution in [0.4, 0.5) is 13.2 Å². The van der Waals surface area contributed by atoms with Crippen molar-refractivity contribution in [3.63, 3.8) is 0 Å². The highest BCUT2D eigenvalue weighted by Crippen LogP contribution is 2.59. The second kappa shape index (κ2) is 9.50. The summed E-state index contributed by atoms with van der Waals surface area (Å²) in [6, 6.07) is 11.2. The van der Waals surface area contributed by atoms with Gasteiger partial charge in [0.1, 0.15) is 0 Å². The summed E-state index contributed by atoms with van der Waals surface area (Å²) in [7, 11) is 0. The van der Waals surface area contributed by atoms with Crippen molar-refractivity contribution in [3.8, 4) is 11.3 Å². The third kappa shape index (κ3) is 4.88. The molecule has 0 unspecified atom stereocenters. The van der Waals surface area contributed by atoms with Crippen molar-refractivity contribution in [1.29, 1.82) is 0 Å². The minimum absolute atomic E-state index is 0. The minimum Gasteiger partial charge on any atom is -0.302 e. The fourth-order valence-corrected chi connectivity index (χ4v) is 5.09. The van der Waals surface area contributed by atoms with Crippen molar-refractivity contribution in [2.75, 3.05) is 19.6 Å². The predicted octanol–water partition coefficient (Wildman–Crippen LogP) is 4.80. The Labute approximate surface area is 202 Å². The molecule has 9 heteroatoms. The van der Waals surface area contributed by atoms with E-state index < -0.39 is 11.7 Å². The molecule has 1 saturated heterocycles. The fraction of sp³-hybridized carbons (Fsp3) is 0.400. The van der Waals surface area contributed by atoms with Crippen LogP contribution in [0.1, 0.15) is 30.4 Å². The molecule has 3 heterocycles. The number of piperidine rings is 1. The first kappa shape index (κ1) is 24.4. The van der Waals surface area contributed by atoms with E-state index in [9.17, 15) is 18.0 Å². The monoisotopic (exact) mass is 490 g/mol. The van der Waals surface area contributed by atoms with Gasteiger partial charge in [0.15, 0.2) is 0 Å². The minimum atomic E-state index is -4.29. The summed E-state index contributed by atoms with van der Waals surface area (Å²) < 4.78 is 40.2. The molecule has 180 valence electrons. The molecule has 0 N–H and O–H groups in total. The van der Waals surface area contributed by atoms with Gasteiger partial charge in [0.05, 0.1) is 11.3 Å². The molecule has 34 heavy (non-hydrogen) atoms. The van der Waals surface area contributed by atoms with Gasteiger partial charge in [-0.1, -0.05) is 12.1 Å². The molecule has 1 aliphatic carbocycles. The number of likely N-dealkylation sites (tertiary alicyclic amines) is 1. The van der Waals surface area contributed by atoms with Crippen LogP contribution in [0.5, 0.6) is 0 Å². The average molecular weight is 491 g/mol. The molecule has 1 aromatic carbocycles. The lowest BCUT2D eigenvalue weighted by molar-refractivity contribution is -0.137. The maximum absolute atomic E-state index is 12.8. The van der Waals surface area contributed by atoms with Gasteiger partial charge in [-0.25, -0.2) is 4.79 Å². The second-order valence-electron chi connectivity index (χ2n) is 9.10. The Morgan fingerprint density at radius 3 is 2.50 bits per heavy atom. The number of fused-ring (bicyclic) bond motifs is 1. The predicted molar refractivity (Wildman–Crippen MR) is 126 cm³/mol. The molecule has 2 fully saturated rings. The number of alkyl halides is 3. The molecule has 2 aliphatic rings. The Kier molecular flexibility index (Phi) is 6.82. The number of nitrogens with zero attached hydrogens (tertiary/aromatic N) is 4. The van der Waals surface area contributed by atoms with E-state index in [1.165, 1.54) is 12.1 Å². The molecule has 0 amide bonds. The van der Waals surface area contributed by atoms with Crippen LogP contribution in [-0.2, 0) is 18.1 Å². The summed E-state index contributed by atoms with van der Waals surface area (Å²) in [6.45, 7) is 3.42. The van der Waals surface area contributed by atoms with Crippen LogP contribution in [0.15, 0.2) is 65.8 Å². The Bertz CT molecular complexity index is 1180. The van der Waals surface area contributed by atoms with Crippen molar-refractivity contribution in [2.24, 2.45) is 5.92 Å². The third-order valence-corrected chi connectivity index (χ3v) is 6.96. The van der Waals surface area contributed by atoms with Gasteiger partial charge in [0, 0.05) is 49.2 Å². The molecule has 0 bridgehead atoms. The van der Waals surface area contributed by atoms with Gasteiger partial charge in [0.2, 0.25) is 0 Å². The number of unbranched alkanes of at least 4 members (excludes halogenated alkanes) is 1. The largest absolute Gasteiger partial charge is 0.416 e. The third-order valence-electron chi connectivity index (χ3n) is 6.96. The van der Waals surface area contributed by atoms with Crippen LogP contribution in [0.2, 0.25) is 0 Å². The Hall–Kier alpha value is -2.71. The topological polar surface area (TPSA) is 51.0 Å². The zero-order valence-corrected chi connectivity index (χ0v) is 19.4. The molecular formula is C25H26ClF3N4O. The van der Waals surface area contributed by atoms with E-state index in [0.717, 1.165) is 50.0 Å². The van der Waals surface area contributed by atoms with E-state index in [-0.39, 0.29) is 23.5 Å². The van der Waals surface area contributed by atoms with Gasteiger partial charge in [0.25, 0.3) is 0 Å². The number of aryl methyl sites for hydroxylation is 1. The van der Waals surface area contributed by atoms with Crippen LogP contribution < -0.4 is 5.69 Å². The number of rotatable bonds is 7. The van der Waals surface area contributed by atoms with E-state index >= 15 is 0 Å². The molecule has 1 saturated carbocycles. The molecule has 1 aliphatic heterocycles. The molecule has 0 spiro atoms. The highest BCUT2D eigenvalue weighted by molar-refractivity contribution is 5.85. The lowest BCUT2D eigenvalue weighted by atomic mass is 9.94. The van der Waals surface area contributed by atoms with Crippen molar-refractivity contribution in [2.45, 2.75) is 37.4 Å². The van der Waals surface area contributed by atoms with E-state index in [1.807, 2.05) is 18.2 Å². The summed E-state index contributed by atoms with van der Waals surface area (Å²) in [6.07, 6.45) is 3.72. The lowest BCUT2D eigenvalue weighted by Gasteiger charge is -2.21. The molecule has 5 nitrogen and oxygen atoms in total. The zero-order valence-electron chi connectivity index (χ0n) is 18.5. The molecule has 2 aromatic heterocycles. The van der Waals surface area contributed by atoms with E-state index in [2.05, 4.69) is 14.9 Å². The fourth-order valence-electron chi connectivity index (χ4n) is 5.09. The molecule has 3 aromatic rings. The highest BCUT2D eigenvalue weighted by Gasteiger charge is 2.60. The lowest BCUT2D eigenvalue weighted by Crippen LogP contribution is -2.28. The number of hydrogen-bond donors (Lipinski definition) is 0. The van der Waals surface area contributed by atoms with Crippen molar-refractivity contribution < 1.29 is 13.2 Å². The van der Waals surface area contributed by atoms with Crippen LogP contribution in [-0.4, -0.2) is 39.1 Å². The van der Waals surface area contributed by atoms with Gasteiger partial charge >= 0.3 is 11.9 Å². The van der Waals surface area contributed by atoms with Crippen molar-refractivity contribution in [1.82, 2.24) is 19.4 Å². The molecule has 0 radical (unpaired) electrons. The van der Waals surface area contributed by atoms with E-state index in [4.69, 9.17) is 0 Å². The molecule has 5 rings (SSSR count). The quantitative estimate of drug-likeness (QED) is 0.446. The van der Waals surface area contributed by atoms with Crippen molar-refractivity contribution in [3.05, 3.63) is 82.7 Å². The smallest absolute Gasteiger partial charge is 0.302 e. The van der Waals surface area contributed by atoms with Gasteiger partial charge < -0.3 is 4.90 Å². The van der Waals surface area contributed by atoms with Gasteiger partial charge in [-0.2, -0.15) is 18.2 Å². The maximum Gasteiger partial charge on any atom is 0.416 e. The number of hydrogen-bond acceptors (Lipinski definition) is 4. The number of benzene rings is 1. The number of halogens is 4. The Morgan fingerprint density at radius 1 is 1.06 bits per heavy atom. The molecular weight excluding hydrogens is 465 g/mol. The van der Waals surface area contributed by atoms with Gasteiger partial charge in [-0.3, -0.25) is 9.55 Å². The Morgan fingerprint density at radius 2 is 1.82 bits per heavy atom. The van der Waals surface area contributed by atoms with Crippen molar-refractivity contribution >= 4 is 12.4 Å². The zero-order chi connectivity index (χ0) is 23.1. The highest BCUT2D eigenvalue weighted by atomic mass is 35.5.